The Morgan fingerprint density at radius 3 is 2.79 bits per heavy atom. The molecule has 1 fully saturated rings. The van der Waals surface area contributed by atoms with Gasteiger partial charge in [-0.1, -0.05) is 6.92 Å². The first-order valence-electron chi connectivity index (χ1n) is 7.22. The van der Waals surface area contributed by atoms with Gasteiger partial charge in [-0.2, -0.15) is 0 Å². The van der Waals surface area contributed by atoms with E-state index in [1.807, 2.05) is 0 Å². The molecule has 0 radical (unpaired) electrons. The molecule has 0 amide bonds. The fourth-order valence-electron chi connectivity index (χ4n) is 2.61. The number of aromatic nitrogens is 1. The molecular weight excluding hydrogens is 240 g/mol. The molecule has 1 aliphatic carbocycles. The standard InChI is InChI=1S/C15H24N2O2/c1-12-3-6-14(7-4-12)19-10-2-9-17-11-13(16)5-8-15(17)18/h5,8,11-12,14H,2-4,6-7,9-10,16H2,1H3. The molecule has 1 aromatic rings. The summed E-state index contributed by atoms with van der Waals surface area (Å²) in [6.45, 7) is 3.70. The van der Waals surface area contributed by atoms with Crippen molar-refractivity contribution in [1.82, 2.24) is 4.57 Å². The highest BCUT2D eigenvalue weighted by atomic mass is 16.5. The van der Waals surface area contributed by atoms with E-state index in [4.69, 9.17) is 10.5 Å². The second-order valence-electron chi connectivity index (χ2n) is 5.60. The Bertz CT molecular complexity index is 448. The lowest BCUT2D eigenvalue weighted by atomic mass is 9.89. The first kappa shape index (κ1) is 14.1. The number of anilines is 1. The predicted octanol–water partition coefficient (Wildman–Crippen LogP) is 2.42. The summed E-state index contributed by atoms with van der Waals surface area (Å²) in [5, 5.41) is 0. The molecule has 106 valence electrons. The third-order valence-corrected chi connectivity index (χ3v) is 3.87. The second-order valence-corrected chi connectivity index (χ2v) is 5.60. The van der Waals surface area contributed by atoms with Gasteiger partial charge in [-0.25, -0.2) is 0 Å². The van der Waals surface area contributed by atoms with Crippen molar-refractivity contribution < 1.29 is 4.74 Å². The van der Waals surface area contributed by atoms with Crippen LogP contribution in [-0.2, 0) is 11.3 Å². The first-order chi connectivity index (χ1) is 9.15. The molecule has 0 saturated heterocycles. The number of nitrogens with zero attached hydrogens (tertiary/aromatic N) is 1. The minimum Gasteiger partial charge on any atom is -0.398 e. The van der Waals surface area contributed by atoms with Gasteiger partial charge in [-0.3, -0.25) is 4.79 Å². The van der Waals surface area contributed by atoms with Crippen LogP contribution < -0.4 is 11.3 Å². The third-order valence-electron chi connectivity index (χ3n) is 3.87. The van der Waals surface area contributed by atoms with E-state index in [1.165, 1.54) is 31.7 Å². The van der Waals surface area contributed by atoms with Crippen molar-refractivity contribution in [1.29, 1.82) is 0 Å². The van der Waals surface area contributed by atoms with Crippen molar-refractivity contribution >= 4 is 5.69 Å². The molecule has 2 N–H and O–H groups in total. The molecule has 2 rings (SSSR count). The fourth-order valence-corrected chi connectivity index (χ4v) is 2.61. The van der Waals surface area contributed by atoms with E-state index in [9.17, 15) is 4.79 Å². The largest absolute Gasteiger partial charge is 0.398 e. The summed E-state index contributed by atoms with van der Waals surface area (Å²) in [6.07, 6.45) is 7.89. The summed E-state index contributed by atoms with van der Waals surface area (Å²) in [5.74, 6) is 0.853. The summed E-state index contributed by atoms with van der Waals surface area (Å²) in [5.41, 5.74) is 6.30. The van der Waals surface area contributed by atoms with Crippen LogP contribution in [0.3, 0.4) is 0 Å². The van der Waals surface area contributed by atoms with Gasteiger partial charge in [-0.15, -0.1) is 0 Å². The van der Waals surface area contributed by atoms with Crippen LogP contribution in [0.5, 0.6) is 0 Å². The van der Waals surface area contributed by atoms with Gasteiger partial charge < -0.3 is 15.0 Å². The van der Waals surface area contributed by atoms with Gasteiger partial charge in [0.2, 0.25) is 0 Å². The van der Waals surface area contributed by atoms with Crippen molar-refractivity contribution in [3.8, 4) is 0 Å². The molecule has 0 unspecified atom stereocenters. The minimum absolute atomic E-state index is 0.000640. The maximum atomic E-state index is 11.6. The highest BCUT2D eigenvalue weighted by Crippen LogP contribution is 2.25. The van der Waals surface area contributed by atoms with Crippen molar-refractivity contribution in [3.63, 3.8) is 0 Å². The third kappa shape index (κ3) is 4.39. The van der Waals surface area contributed by atoms with Crippen molar-refractivity contribution in [2.24, 2.45) is 5.92 Å². The van der Waals surface area contributed by atoms with E-state index in [0.717, 1.165) is 18.9 Å². The summed E-state index contributed by atoms with van der Waals surface area (Å²) in [7, 11) is 0. The molecule has 0 aromatic carbocycles. The number of rotatable bonds is 5. The molecule has 4 nitrogen and oxygen atoms in total. The summed E-state index contributed by atoms with van der Waals surface area (Å²) in [4.78, 5) is 11.6. The SMILES string of the molecule is CC1CCC(OCCCn2cc(N)ccc2=O)CC1. The highest BCUT2D eigenvalue weighted by molar-refractivity contribution is 5.33. The van der Waals surface area contributed by atoms with Crippen LogP contribution in [0.4, 0.5) is 5.69 Å². The normalized spacial score (nSPS) is 23.4. The summed E-state index contributed by atoms with van der Waals surface area (Å²) >= 11 is 0. The average molecular weight is 264 g/mol. The molecule has 0 atom stereocenters. The highest BCUT2D eigenvalue weighted by Gasteiger charge is 2.18. The van der Waals surface area contributed by atoms with E-state index in [0.29, 0.717) is 18.3 Å². The fraction of sp³-hybridized carbons (Fsp3) is 0.667. The van der Waals surface area contributed by atoms with Crippen LogP contribution >= 0.6 is 0 Å². The Hall–Kier alpha value is -1.29. The second kappa shape index (κ2) is 6.75. The average Bonchev–Trinajstić information content (AvgIpc) is 2.40. The van der Waals surface area contributed by atoms with Crippen LogP contribution in [0.2, 0.25) is 0 Å². The smallest absolute Gasteiger partial charge is 0.250 e. The molecule has 1 heterocycles. The molecular formula is C15H24N2O2. The van der Waals surface area contributed by atoms with Crippen LogP contribution in [0.25, 0.3) is 0 Å². The Morgan fingerprint density at radius 1 is 1.32 bits per heavy atom. The number of pyridine rings is 1. The zero-order chi connectivity index (χ0) is 13.7. The van der Waals surface area contributed by atoms with E-state index in [2.05, 4.69) is 6.92 Å². The van der Waals surface area contributed by atoms with Gasteiger partial charge in [0.25, 0.3) is 5.56 Å². The van der Waals surface area contributed by atoms with Crippen LogP contribution in [0.1, 0.15) is 39.0 Å². The van der Waals surface area contributed by atoms with E-state index in [-0.39, 0.29) is 5.56 Å². The van der Waals surface area contributed by atoms with Crippen LogP contribution in [0.15, 0.2) is 23.1 Å². The number of nitrogens with two attached hydrogens (primary N) is 1. The predicted molar refractivity (Wildman–Crippen MR) is 77.1 cm³/mol. The summed E-state index contributed by atoms with van der Waals surface area (Å²) < 4.78 is 7.53. The van der Waals surface area contributed by atoms with Crippen LogP contribution in [0, 0.1) is 5.92 Å². The monoisotopic (exact) mass is 264 g/mol. The maximum absolute atomic E-state index is 11.6. The molecule has 4 heteroatoms. The van der Waals surface area contributed by atoms with E-state index in [1.54, 1.807) is 16.8 Å². The van der Waals surface area contributed by atoms with Gasteiger partial charge >= 0.3 is 0 Å². The van der Waals surface area contributed by atoms with Gasteiger partial charge in [-0.05, 0) is 44.1 Å². The molecule has 0 spiro atoms. The van der Waals surface area contributed by atoms with E-state index < -0.39 is 0 Å². The van der Waals surface area contributed by atoms with Gasteiger partial charge in [0.05, 0.1) is 6.10 Å². The number of hydrogen-bond acceptors (Lipinski definition) is 3. The number of hydrogen-bond donors (Lipinski definition) is 1. The Balaban J connectivity index is 1.69. The van der Waals surface area contributed by atoms with Crippen molar-refractivity contribution in [2.45, 2.75) is 51.7 Å². The van der Waals surface area contributed by atoms with E-state index >= 15 is 0 Å². The molecule has 1 aromatic heterocycles. The molecule has 0 aliphatic heterocycles. The maximum Gasteiger partial charge on any atom is 0.250 e. The Morgan fingerprint density at radius 2 is 2.05 bits per heavy atom. The molecule has 0 bridgehead atoms. The Kier molecular flexibility index (Phi) is 5.02. The first-order valence-corrected chi connectivity index (χ1v) is 7.22. The van der Waals surface area contributed by atoms with Crippen molar-refractivity contribution in [3.05, 3.63) is 28.7 Å². The molecule has 19 heavy (non-hydrogen) atoms. The Labute approximate surface area is 114 Å². The van der Waals surface area contributed by atoms with Crippen LogP contribution in [-0.4, -0.2) is 17.3 Å². The zero-order valence-electron chi connectivity index (χ0n) is 11.7. The lowest BCUT2D eigenvalue weighted by Crippen LogP contribution is -2.23. The van der Waals surface area contributed by atoms with Crippen molar-refractivity contribution in [2.75, 3.05) is 12.3 Å². The summed E-state index contributed by atoms with van der Waals surface area (Å²) in [6, 6.07) is 3.15. The lowest BCUT2D eigenvalue weighted by molar-refractivity contribution is 0.0172. The number of ether oxygens (including phenoxy) is 1. The quantitative estimate of drug-likeness (QED) is 0.831. The molecule has 1 saturated carbocycles. The minimum atomic E-state index is 0.000640. The van der Waals surface area contributed by atoms with Gasteiger partial charge in [0.15, 0.2) is 0 Å². The zero-order valence-corrected chi connectivity index (χ0v) is 11.7. The number of aryl methyl sites for hydroxylation is 1. The van der Waals surface area contributed by atoms with Gasteiger partial charge in [0.1, 0.15) is 0 Å². The topological polar surface area (TPSA) is 57.2 Å². The lowest BCUT2D eigenvalue weighted by Gasteiger charge is -2.26. The van der Waals surface area contributed by atoms with Gasteiger partial charge in [0, 0.05) is 31.1 Å². The number of nitrogen functional groups attached to an aromatic ring is 1. The molecule has 1 aliphatic rings.